The van der Waals surface area contributed by atoms with Crippen LogP contribution < -0.4 is 5.32 Å². The Balaban J connectivity index is 1.90. The van der Waals surface area contributed by atoms with Gasteiger partial charge in [0.1, 0.15) is 6.26 Å². The van der Waals surface area contributed by atoms with Crippen molar-refractivity contribution in [2.45, 2.75) is 19.4 Å². The first-order chi connectivity index (χ1) is 9.16. The summed E-state index contributed by atoms with van der Waals surface area (Å²) in [5.74, 6) is -0.351. The molecule has 0 aliphatic rings. The van der Waals surface area contributed by atoms with Crippen LogP contribution in [0.1, 0.15) is 34.2 Å². The van der Waals surface area contributed by atoms with Crippen LogP contribution in [0.15, 0.2) is 47.2 Å². The van der Waals surface area contributed by atoms with Gasteiger partial charge in [-0.2, -0.15) is 0 Å². The summed E-state index contributed by atoms with van der Waals surface area (Å²) in [4.78, 5) is 23.6. The van der Waals surface area contributed by atoms with Crippen LogP contribution in [0.5, 0.6) is 0 Å². The fraction of sp³-hybridized carbons (Fsp3) is 0.214. The topological polar surface area (TPSA) is 72.2 Å². The second kappa shape index (κ2) is 5.95. The van der Waals surface area contributed by atoms with Gasteiger partial charge in [-0.05, 0) is 6.92 Å². The highest BCUT2D eigenvalue weighted by atomic mass is 16.5. The van der Waals surface area contributed by atoms with Gasteiger partial charge in [0.25, 0.3) is 5.91 Å². The third-order valence-corrected chi connectivity index (χ3v) is 2.64. The van der Waals surface area contributed by atoms with Crippen LogP contribution in [0.3, 0.4) is 0 Å². The number of hydrogen-bond acceptors (Lipinski definition) is 4. The van der Waals surface area contributed by atoms with E-state index in [0.29, 0.717) is 5.56 Å². The molecule has 0 aliphatic carbocycles. The highest BCUT2D eigenvalue weighted by molar-refractivity contribution is 5.97. The molecule has 1 heterocycles. The van der Waals surface area contributed by atoms with Crippen molar-refractivity contribution in [2.24, 2.45) is 0 Å². The van der Waals surface area contributed by atoms with Crippen molar-refractivity contribution in [1.82, 2.24) is 10.5 Å². The minimum Gasteiger partial charge on any atom is -0.364 e. The number of rotatable bonds is 5. The van der Waals surface area contributed by atoms with E-state index < -0.39 is 0 Å². The molecule has 5 heteroatoms. The molecule has 0 aliphatic heterocycles. The average molecular weight is 258 g/mol. The molecule has 0 bridgehead atoms. The lowest BCUT2D eigenvalue weighted by atomic mass is 10.0. The van der Waals surface area contributed by atoms with Crippen molar-refractivity contribution in [3.05, 3.63) is 53.9 Å². The van der Waals surface area contributed by atoms with Crippen LogP contribution in [0.2, 0.25) is 0 Å². The van der Waals surface area contributed by atoms with Gasteiger partial charge in [-0.3, -0.25) is 9.59 Å². The van der Waals surface area contributed by atoms with E-state index >= 15 is 0 Å². The van der Waals surface area contributed by atoms with Crippen molar-refractivity contribution in [3.63, 3.8) is 0 Å². The fourth-order valence-corrected chi connectivity index (χ4v) is 1.70. The summed E-state index contributed by atoms with van der Waals surface area (Å²) in [6.45, 7) is 1.78. The number of hydrogen-bond donors (Lipinski definition) is 1. The Kier molecular flexibility index (Phi) is 4.07. The summed E-state index contributed by atoms with van der Waals surface area (Å²) in [7, 11) is 0. The summed E-state index contributed by atoms with van der Waals surface area (Å²) < 4.78 is 4.59. The molecule has 98 valence electrons. The highest BCUT2D eigenvalue weighted by Gasteiger charge is 2.15. The maximum atomic E-state index is 11.9. The average Bonchev–Trinajstić information content (AvgIpc) is 2.93. The molecule has 1 aromatic heterocycles. The number of ketones is 1. The number of nitrogens with one attached hydrogen (secondary N) is 1. The lowest BCUT2D eigenvalue weighted by molar-refractivity contribution is 0.0911. The van der Waals surface area contributed by atoms with E-state index in [0.717, 1.165) is 0 Å². The quantitative estimate of drug-likeness (QED) is 0.833. The fourth-order valence-electron chi connectivity index (χ4n) is 1.70. The molecule has 1 amide bonds. The van der Waals surface area contributed by atoms with Gasteiger partial charge in [-0.1, -0.05) is 35.5 Å². The van der Waals surface area contributed by atoms with Gasteiger partial charge in [0.15, 0.2) is 11.5 Å². The number of benzene rings is 1. The van der Waals surface area contributed by atoms with Crippen LogP contribution in [0, 0.1) is 0 Å². The Morgan fingerprint density at radius 1 is 1.26 bits per heavy atom. The van der Waals surface area contributed by atoms with Crippen molar-refractivity contribution in [1.29, 1.82) is 0 Å². The third-order valence-electron chi connectivity index (χ3n) is 2.64. The monoisotopic (exact) mass is 258 g/mol. The van der Waals surface area contributed by atoms with E-state index in [4.69, 9.17) is 0 Å². The normalized spacial score (nSPS) is 11.8. The van der Waals surface area contributed by atoms with Crippen LogP contribution in [-0.4, -0.2) is 22.9 Å². The van der Waals surface area contributed by atoms with Gasteiger partial charge in [0, 0.05) is 24.1 Å². The summed E-state index contributed by atoms with van der Waals surface area (Å²) in [6.07, 6.45) is 1.57. The summed E-state index contributed by atoms with van der Waals surface area (Å²) >= 11 is 0. The Bertz CT molecular complexity index is 549. The molecular weight excluding hydrogens is 244 g/mol. The minimum atomic E-state index is -0.345. The molecule has 1 atom stereocenters. The second-order valence-electron chi connectivity index (χ2n) is 4.25. The van der Waals surface area contributed by atoms with Crippen LogP contribution in [-0.2, 0) is 0 Å². The number of carbonyl (C=O) groups is 2. The van der Waals surface area contributed by atoms with Gasteiger partial charge in [0.2, 0.25) is 0 Å². The van der Waals surface area contributed by atoms with E-state index in [1.807, 2.05) is 18.2 Å². The van der Waals surface area contributed by atoms with Gasteiger partial charge >= 0.3 is 0 Å². The highest BCUT2D eigenvalue weighted by Crippen LogP contribution is 2.06. The molecule has 2 aromatic rings. The molecule has 0 spiro atoms. The van der Waals surface area contributed by atoms with E-state index in [1.165, 1.54) is 12.3 Å². The van der Waals surface area contributed by atoms with Crippen molar-refractivity contribution < 1.29 is 14.1 Å². The van der Waals surface area contributed by atoms with Crippen LogP contribution in [0.25, 0.3) is 0 Å². The first-order valence-corrected chi connectivity index (χ1v) is 5.96. The predicted octanol–water partition coefficient (Wildman–Crippen LogP) is 2.07. The SMILES string of the molecule is C[C@H](CC(=O)c1ccccc1)NC(=O)c1ccon1. The van der Waals surface area contributed by atoms with Gasteiger partial charge < -0.3 is 9.84 Å². The maximum absolute atomic E-state index is 11.9. The molecule has 0 saturated heterocycles. The molecule has 2 rings (SSSR count). The largest absolute Gasteiger partial charge is 0.364 e. The number of Topliss-reactive ketones (excluding diaryl/α,β-unsaturated/α-hetero) is 1. The lowest BCUT2D eigenvalue weighted by Crippen LogP contribution is -2.34. The number of amides is 1. The maximum Gasteiger partial charge on any atom is 0.273 e. The Morgan fingerprint density at radius 3 is 2.63 bits per heavy atom. The van der Waals surface area contributed by atoms with Gasteiger partial charge in [-0.25, -0.2) is 0 Å². The summed E-state index contributed by atoms with van der Waals surface area (Å²) in [5, 5.41) is 6.24. The molecule has 5 nitrogen and oxygen atoms in total. The number of aromatic nitrogens is 1. The molecule has 0 fully saturated rings. The number of nitrogens with zero attached hydrogens (tertiary/aromatic N) is 1. The lowest BCUT2D eigenvalue weighted by Gasteiger charge is -2.11. The van der Waals surface area contributed by atoms with Crippen molar-refractivity contribution >= 4 is 11.7 Å². The van der Waals surface area contributed by atoms with E-state index in [-0.39, 0.29) is 29.8 Å². The minimum absolute atomic E-state index is 0.00597. The van der Waals surface area contributed by atoms with Gasteiger partial charge in [-0.15, -0.1) is 0 Å². The zero-order chi connectivity index (χ0) is 13.7. The second-order valence-corrected chi connectivity index (χ2v) is 4.25. The zero-order valence-corrected chi connectivity index (χ0v) is 10.5. The van der Waals surface area contributed by atoms with E-state index in [1.54, 1.807) is 19.1 Å². The predicted molar refractivity (Wildman–Crippen MR) is 68.8 cm³/mol. The smallest absolute Gasteiger partial charge is 0.273 e. The molecular formula is C14H14N2O3. The molecule has 0 unspecified atom stereocenters. The molecule has 19 heavy (non-hydrogen) atoms. The molecule has 0 radical (unpaired) electrons. The van der Waals surface area contributed by atoms with Crippen LogP contribution >= 0.6 is 0 Å². The van der Waals surface area contributed by atoms with Gasteiger partial charge in [0.05, 0.1) is 0 Å². The molecule has 0 saturated carbocycles. The van der Waals surface area contributed by atoms with E-state index in [2.05, 4.69) is 15.0 Å². The standard InChI is InChI=1S/C14H14N2O3/c1-10(15-14(18)12-7-8-19-16-12)9-13(17)11-5-3-2-4-6-11/h2-8,10H,9H2,1H3,(H,15,18)/t10-/m1/s1. The van der Waals surface area contributed by atoms with Crippen molar-refractivity contribution in [2.75, 3.05) is 0 Å². The summed E-state index contributed by atoms with van der Waals surface area (Å²) in [5.41, 5.74) is 0.851. The number of carbonyl (C=O) groups excluding carboxylic acids is 2. The Labute approximate surface area is 110 Å². The summed E-state index contributed by atoms with van der Waals surface area (Å²) in [6, 6.07) is 10.2. The zero-order valence-electron chi connectivity index (χ0n) is 10.5. The first kappa shape index (κ1) is 13.0. The van der Waals surface area contributed by atoms with E-state index in [9.17, 15) is 9.59 Å². The first-order valence-electron chi connectivity index (χ1n) is 5.96. The molecule has 1 aromatic carbocycles. The molecule has 1 N–H and O–H groups in total. The Hall–Kier alpha value is -2.43. The third kappa shape index (κ3) is 3.51. The Morgan fingerprint density at radius 2 is 2.00 bits per heavy atom. The van der Waals surface area contributed by atoms with Crippen LogP contribution in [0.4, 0.5) is 0 Å². The van der Waals surface area contributed by atoms with Crippen molar-refractivity contribution in [3.8, 4) is 0 Å².